The molecule has 0 saturated carbocycles. The van der Waals surface area contributed by atoms with Gasteiger partial charge in [0.15, 0.2) is 10.2 Å². The molecule has 0 aliphatic heterocycles. The summed E-state index contributed by atoms with van der Waals surface area (Å²) in [7, 11) is 3.53. The molecule has 0 saturated heterocycles. The van der Waals surface area contributed by atoms with Gasteiger partial charge in [-0.05, 0) is 24.4 Å². The summed E-state index contributed by atoms with van der Waals surface area (Å²) in [4.78, 5) is 1.88. The van der Waals surface area contributed by atoms with Crippen molar-refractivity contribution in [3.05, 3.63) is 0 Å². The van der Waals surface area contributed by atoms with Gasteiger partial charge >= 0.3 is 0 Å². The lowest BCUT2D eigenvalue weighted by molar-refractivity contribution is 0.250. The van der Waals surface area contributed by atoms with Crippen molar-refractivity contribution in [1.29, 1.82) is 0 Å². The lowest BCUT2D eigenvalue weighted by atomic mass is 10.5. The lowest BCUT2D eigenvalue weighted by Crippen LogP contribution is -2.45. The second kappa shape index (κ2) is 8.63. The first-order chi connectivity index (χ1) is 7.15. The Morgan fingerprint density at radius 1 is 1.20 bits per heavy atom. The van der Waals surface area contributed by atoms with Crippen molar-refractivity contribution < 1.29 is 5.11 Å². The van der Waals surface area contributed by atoms with Crippen LogP contribution in [-0.2, 0) is 0 Å². The second-order valence-electron chi connectivity index (χ2n) is 2.77. The third kappa shape index (κ3) is 6.43. The Morgan fingerprint density at radius 3 is 2.33 bits per heavy atom. The molecule has 0 aliphatic rings. The number of rotatable bonds is 5. The van der Waals surface area contributed by atoms with E-state index in [2.05, 4.69) is 16.0 Å². The topological polar surface area (TPSA) is 59.6 Å². The minimum atomic E-state index is 0.0816. The van der Waals surface area contributed by atoms with Crippen LogP contribution >= 0.6 is 24.4 Å². The SMILES string of the molecule is CNC(=S)NCCN(CCO)C(=S)NC. The molecular formula is C8H18N4OS2. The number of hydrogen-bond acceptors (Lipinski definition) is 3. The second-order valence-corrected chi connectivity index (χ2v) is 3.57. The number of aliphatic hydroxyl groups excluding tert-OH is 1. The predicted octanol–water partition coefficient (Wildman–Crippen LogP) is -1.12. The number of nitrogens with zero attached hydrogens (tertiary/aromatic N) is 1. The Hall–Kier alpha value is -0.660. The van der Waals surface area contributed by atoms with Crippen LogP contribution in [0.2, 0.25) is 0 Å². The predicted molar refractivity (Wildman–Crippen MR) is 70.0 cm³/mol. The van der Waals surface area contributed by atoms with Crippen molar-refractivity contribution in [2.24, 2.45) is 0 Å². The van der Waals surface area contributed by atoms with Crippen LogP contribution in [-0.4, -0.2) is 60.6 Å². The summed E-state index contributed by atoms with van der Waals surface area (Å²) in [6.45, 7) is 1.98. The normalized spacial score (nSPS) is 9.27. The molecule has 0 unspecified atom stereocenters. The molecular weight excluding hydrogens is 232 g/mol. The number of hydrogen-bond donors (Lipinski definition) is 4. The van der Waals surface area contributed by atoms with Gasteiger partial charge in [0, 0.05) is 33.7 Å². The van der Waals surface area contributed by atoms with Gasteiger partial charge in [-0.3, -0.25) is 0 Å². The van der Waals surface area contributed by atoms with Gasteiger partial charge in [0.2, 0.25) is 0 Å². The van der Waals surface area contributed by atoms with Gasteiger partial charge in [-0.15, -0.1) is 0 Å². The molecule has 0 spiro atoms. The van der Waals surface area contributed by atoms with Crippen molar-refractivity contribution in [3.63, 3.8) is 0 Å². The van der Waals surface area contributed by atoms with Crippen molar-refractivity contribution in [2.45, 2.75) is 0 Å². The lowest BCUT2D eigenvalue weighted by Gasteiger charge is -2.24. The fourth-order valence-corrected chi connectivity index (χ4v) is 1.27. The number of aliphatic hydroxyl groups is 1. The van der Waals surface area contributed by atoms with E-state index in [1.165, 1.54) is 0 Å². The smallest absolute Gasteiger partial charge is 0.168 e. The molecule has 0 bridgehead atoms. The van der Waals surface area contributed by atoms with Gasteiger partial charge in [0.25, 0.3) is 0 Å². The molecule has 7 heteroatoms. The molecule has 0 heterocycles. The van der Waals surface area contributed by atoms with Crippen LogP contribution in [0, 0.1) is 0 Å². The first-order valence-electron chi connectivity index (χ1n) is 4.68. The number of thiocarbonyl (C=S) groups is 2. The van der Waals surface area contributed by atoms with Crippen LogP contribution in [0.3, 0.4) is 0 Å². The standard InChI is InChI=1S/C8H18N4OS2/c1-9-7(14)11-3-4-12(5-6-13)8(15)10-2/h13H,3-6H2,1-2H3,(H,10,15)(H2,9,11,14). The largest absolute Gasteiger partial charge is 0.395 e. The summed E-state index contributed by atoms with van der Waals surface area (Å²) in [6, 6.07) is 0. The molecule has 88 valence electrons. The van der Waals surface area contributed by atoms with Crippen LogP contribution in [0.1, 0.15) is 0 Å². The van der Waals surface area contributed by atoms with Crippen molar-refractivity contribution in [3.8, 4) is 0 Å². The van der Waals surface area contributed by atoms with Crippen molar-refractivity contribution >= 4 is 34.7 Å². The Bertz CT molecular complexity index is 213. The first-order valence-corrected chi connectivity index (χ1v) is 5.50. The summed E-state index contributed by atoms with van der Waals surface area (Å²) in [5.74, 6) is 0. The fraction of sp³-hybridized carbons (Fsp3) is 0.750. The highest BCUT2D eigenvalue weighted by Gasteiger charge is 2.06. The highest BCUT2D eigenvalue weighted by molar-refractivity contribution is 7.80. The minimum absolute atomic E-state index is 0.0816. The molecule has 0 rings (SSSR count). The van der Waals surface area contributed by atoms with E-state index in [-0.39, 0.29) is 6.61 Å². The summed E-state index contributed by atoms with van der Waals surface area (Å²) in [6.07, 6.45) is 0. The molecule has 0 fully saturated rings. The van der Waals surface area contributed by atoms with E-state index >= 15 is 0 Å². The monoisotopic (exact) mass is 250 g/mol. The zero-order valence-electron chi connectivity index (χ0n) is 9.04. The first kappa shape index (κ1) is 14.3. The molecule has 4 N–H and O–H groups in total. The van der Waals surface area contributed by atoms with E-state index in [0.717, 1.165) is 0 Å². The van der Waals surface area contributed by atoms with Gasteiger partial charge in [0.05, 0.1) is 6.61 Å². The maximum Gasteiger partial charge on any atom is 0.168 e. The molecule has 0 radical (unpaired) electrons. The van der Waals surface area contributed by atoms with Crippen molar-refractivity contribution in [1.82, 2.24) is 20.9 Å². The molecule has 0 aliphatic carbocycles. The van der Waals surface area contributed by atoms with Gasteiger partial charge in [-0.1, -0.05) is 0 Å². The highest BCUT2D eigenvalue weighted by atomic mass is 32.1. The molecule has 0 aromatic heterocycles. The van der Waals surface area contributed by atoms with E-state index in [1.54, 1.807) is 14.1 Å². The molecule has 15 heavy (non-hydrogen) atoms. The summed E-state index contributed by atoms with van der Waals surface area (Å²) in [5, 5.41) is 18.8. The average Bonchev–Trinajstić information content (AvgIpc) is 2.26. The Kier molecular flexibility index (Phi) is 8.25. The zero-order valence-corrected chi connectivity index (χ0v) is 10.7. The maximum absolute atomic E-state index is 8.85. The molecule has 0 amide bonds. The minimum Gasteiger partial charge on any atom is -0.395 e. The molecule has 0 aromatic rings. The van der Waals surface area contributed by atoms with Gasteiger partial charge in [-0.25, -0.2) is 0 Å². The van der Waals surface area contributed by atoms with Crippen LogP contribution in [0.4, 0.5) is 0 Å². The fourth-order valence-electron chi connectivity index (χ4n) is 0.986. The van der Waals surface area contributed by atoms with Crippen LogP contribution in [0.5, 0.6) is 0 Å². The van der Waals surface area contributed by atoms with Crippen LogP contribution < -0.4 is 16.0 Å². The van der Waals surface area contributed by atoms with Crippen LogP contribution in [0.15, 0.2) is 0 Å². The Balaban J connectivity index is 3.85. The van der Waals surface area contributed by atoms with Gasteiger partial charge < -0.3 is 26.0 Å². The summed E-state index contributed by atoms with van der Waals surface area (Å²) >= 11 is 10.0. The third-order valence-corrected chi connectivity index (χ3v) is 2.58. The van der Waals surface area contributed by atoms with E-state index in [9.17, 15) is 0 Å². The Labute approximate surface area is 101 Å². The quantitative estimate of drug-likeness (QED) is 0.461. The van der Waals surface area contributed by atoms with E-state index in [1.807, 2.05) is 4.90 Å². The van der Waals surface area contributed by atoms with Gasteiger partial charge in [0.1, 0.15) is 0 Å². The van der Waals surface area contributed by atoms with Crippen LogP contribution in [0.25, 0.3) is 0 Å². The number of nitrogens with one attached hydrogen (secondary N) is 3. The Morgan fingerprint density at radius 2 is 1.87 bits per heavy atom. The van der Waals surface area contributed by atoms with E-state index in [0.29, 0.717) is 29.9 Å². The molecule has 0 atom stereocenters. The average molecular weight is 250 g/mol. The van der Waals surface area contributed by atoms with E-state index in [4.69, 9.17) is 29.5 Å². The maximum atomic E-state index is 8.85. The van der Waals surface area contributed by atoms with E-state index < -0.39 is 0 Å². The third-order valence-electron chi connectivity index (χ3n) is 1.77. The summed E-state index contributed by atoms with van der Waals surface area (Å²) in [5.41, 5.74) is 0. The molecule has 0 aromatic carbocycles. The zero-order chi connectivity index (χ0) is 11.7. The molecule has 5 nitrogen and oxygen atoms in total. The van der Waals surface area contributed by atoms with Gasteiger partial charge in [-0.2, -0.15) is 0 Å². The highest BCUT2D eigenvalue weighted by Crippen LogP contribution is 1.88. The summed E-state index contributed by atoms with van der Waals surface area (Å²) < 4.78 is 0. The van der Waals surface area contributed by atoms with Crippen molar-refractivity contribution in [2.75, 3.05) is 40.3 Å².